The predicted octanol–water partition coefficient (Wildman–Crippen LogP) is 2.77. The fourth-order valence-electron chi connectivity index (χ4n) is 4.52. The van der Waals surface area contributed by atoms with Gasteiger partial charge in [0.15, 0.2) is 5.43 Å². The Kier molecular flexibility index (Phi) is 5.83. The number of aliphatic carboxylic acids is 1. The summed E-state index contributed by atoms with van der Waals surface area (Å²) >= 11 is 0. The first-order valence-electron chi connectivity index (χ1n) is 10.4. The van der Waals surface area contributed by atoms with Gasteiger partial charge in [0.1, 0.15) is 17.8 Å². The van der Waals surface area contributed by atoms with Crippen molar-refractivity contribution in [3.05, 3.63) is 105 Å². The minimum absolute atomic E-state index is 0.0133. The van der Waals surface area contributed by atoms with Gasteiger partial charge in [-0.2, -0.15) is 0 Å². The normalized spacial score (nSPS) is 15.4. The van der Waals surface area contributed by atoms with Crippen LogP contribution in [0.2, 0.25) is 0 Å². The number of carboxylic acid groups (broad SMARTS) is 2. The highest BCUT2D eigenvalue weighted by atomic mass is 16.4. The van der Waals surface area contributed by atoms with Crippen LogP contribution < -0.4 is 5.43 Å². The molecular weight excluding hydrogens is 424 g/mol. The number of hydrogen-bond acceptors (Lipinski definition) is 4. The van der Waals surface area contributed by atoms with Gasteiger partial charge in [-0.25, -0.2) is 4.79 Å². The molecule has 1 atom stereocenters. The minimum Gasteiger partial charge on any atom is -0.480 e. The highest BCUT2D eigenvalue weighted by Crippen LogP contribution is 2.39. The van der Waals surface area contributed by atoms with Gasteiger partial charge in [-0.05, 0) is 18.1 Å². The molecule has 2 heterocycles. The van der Waals surface area contributed by atoms with E-state index >= 15 is 0 Å². The van der Waals surface area contributed by atoms with Gasteiger partial charge >= 0.3 is 11.9 Å². The molecule has 0 bridgehead atoms. The molecule has 0 aliphatic carbocycles. The van der Waals surface area contributed by atoms with Crippen LogP contribution in [0.1, 0.15) is 49.5 Å². The van der Waals surface area contributed by atoms with Crippen molar-refractivity contribution in [3.8, 4) is 0 Å². The number of aromatic nitrogens is 1. The van der Waals surface area contributed by atoms with E-state index in [2.05, 4.69) is 0 Å². The highest BCUT2D eigenvalue weighted by molar-refractivity contribution is 5.97. The molecule has 168 valence electrons. The van der Waals surface area contributed by atoms with Crippen molar-refractivity contribution in [2.75, 3.05) is 13.1 Å². The summed E-state index contributed by atoms with van der Waals surface area (Å²) in [5.41, 5.74) is 0.642. The zero-order chi connectivity index (χ0) is 23.7. The quantitative estimate of drug-likeness (QED) is 0.601. The Morgan fingerprint density at radius 3 is 2.00 bits per heavy atom. The number of hydrogen-bond donors (Lipinski definition) is 2. The van der Waals surface area contributed by atoms with E-state index in [1.807, 2.05) is 60.7 Å². The first kappa shape index (κ1) is 22.0. The van der Waals surface area contributed by atoms with Crippen molar-refractivity contribution in [3.63, 3.8) is 0 Å². The Morgan fingerprint density at radius 2 is 1.52 bits per heavy atom. The SMILES string of the molecule is Cc1c2n(cc(C(=O)O)c1=O)[C@@H](C(c1ccccc1)c1ccccc1)CN(CC(=O)O)C2=O. The molecule has 1 aromatic heterocycles. The molecule has 33 heavy (non-hydrogen) atoms. The van der Waals surface area contributed by atoms with Gasteiger partial charge < -0.3 is 19.7 Å². The van der Waals surface area contributed by atoms with Crippen LogP contribution in [-0.4, -0.2) is 50.6 Å². The smallest absolute Gasteiger partial charge is 0.341 e. The van der Waals surface area contributed by atoms with Crippen LogP contribution >= 0.6 is 0 Å². The van der Waals surface area contributed by atoms with Crippen molar-refractivity contribution in [1.82, 2.24) is 9.47 Å². The zero-order valence-corrected chi connectivity index (χ0v) is 17.8. The Labute approximate surface area is 189 Å². The van der Waals surface area contributed by atoms with Crippen LogP contribution in [-0.2, 0) is 4.79 Å². The van der Waals surface area contributed by atoms with E-state index in [0.717, 1.165) is 11.1 Å². The summed E-state index contributed by atoms with van der Waals surface area (Å²) < 4.78 is 1.55. The first-order valence-corrected chi connectivity index (χ1v) is 10.4. The summed E-state index contributed by atoms with van der Waals surface area (Å²) in [6.07, 6.45) is 1.21. The third kappa shape index (κ3) is 4.03. The van der Waals surface area contributed by atoms with E-state index in [0.29, 0.717) is 0 Å². The van der Waals surface area contributed by atoms with E-state index in [1.165, 1.54) is 18.0 Å². The molecule has 8 nitrogen and oxygen atoms in total. The number of carbonyl (C=O) groups is 3. The number of fused-ring (bicyclic) bond motifs is 1. The molecule has 1 aliphatic heterocycles. The van der Waals surface area contributed by atoms with Crippen molar-refractivity contribution in [2.45, 2.75) is 18.9 Å². The molecule has 2 aromatic carbocycles. The van der Waals surface area contributed by atoms with Crippen LogP contribution in [0.5, 0.6) is 0 Å². The molecule has 1 aliphatic rings. The van der Waals surface area contributed by atoms with Gasteiger partial charge in [0.05, 0.1) is 6.04 Å². The lowest BCUT2D eigenvalue weighted by Gasteiger charge is -2.40. The van der Waals surface area contributed by atoms with E-state index in [4.69, 9.17) is 0 Å². The van der Waals surface area contributed by atoms with Crippen LogP contribution in [0.25, 0.3) is 0 Å². The molecule has 0 unspecified atom stereocenters. The number of amides is 1. The third-order valence-electron chi connectivity index (χ3n) is 5.98. The maximum Gasteiger partial charge on any atom is 0.341 e. The number of benzene rings is 2. The van der Waals surface area contributed by atoms with Gasteiger partial charge in [0, 0.05) is 24.2 Å². The van der Waals surface area contributed by atoms with Crippen molar-refractivity contribution >= 4 is 17.8 Å². The largest absolute Gasteiger partial charge is 0.480 e. The summed E-state index contributed by atoms with van der Waals surface area (Å²) in [5.74, 6) is -3.50. The molecule has 0 spiro atoms. The van der Waals surface area contributed by atoms with Crippen LogP contribution in [0.3, 0.4) is 0 Å². The molecule has 0 radical (unpaired) electrons. The third-order valence-corrected chi connectivity index (χ3v) is 5.98. The molecular formula is C25H22N2O6. The van der Waals surface area contributed by atoms with Gasteiger partial charge in [-0.1, -0.05) is 60.7 Å². The van der Waals surface area contributed by atoms with E-state index in [9.17, 15) is 29.4 Å². The van der Waals surface area contributed by atoms with Crippen LogP contribution in [0.15, 0.2) is 71.7 Å². The number of carbonyl (C=O) groups excluding carboxylic acids is 1. The second-order valence-electron chi connectivity index (χ2n) is 8.00. The lowest BCUT2D eigenvalue weighted by molar-refractivity contribution is -0.138. The Morgan fingerprint density at radius 1 is 0.970 bits per heavy atom. The molecule has 4 rings (SSSR count). The molecule has 0 saturated carbocycles. The van der Waals surface area contributed by atoms with E-state index < -0.39 is 41.4 Å². The molecule has 0 saturated heterocycles. The summed E-state index contributed by atoms with van der Waals surface area (Å²) in [6.45, 7) is 0.910. The number of aromatic carboxylic acids is 1. The average molecular weight is 446 g/mol. The van der Waals surface area contributed by atoms with Crippen molar-refractivity contribution < 1.29 is 24.6 Å². The van der Waals surface area contributed by atoms with Gasteiger partial charge in [-0.15, -0.1) is 0 Å². The number of nitrogens with zero attached hydrogens (tertiary/aromatic N) is 2. The first-order chi connectivity index (χ1) is 15.8. The summed E-state index contributed by atoms with van der Waals surface area (Å²) in [5, 5.41) is 19.0. The van der Waals surface area contributed by atoms with Gasteiger partial charge in [-0.3, -0.25) is 14.4 Å². The number of carboxylic acids is 2. The number of rotatable bonds is 6. The van der Waals surface area contributed by atoms with E-state index in [1.54, 1.807) is 4.57 Å². The molecule has 1 amide bonds. The van der Waals surface area contributed by atoms with Crippen LogP contribution in [0, 0.1) is 6.92 Å². The second-order valence-corrected chi connectivity index (χ2v) is 8.00. The molecule has 8 heteroatoms. The highest BCUT2D eigenvalue weighted by Gasteiger charge is 2.39. The fourth-order valence-corrected chi connectivity index (χ4v) is 4.52. The zero-order valence-electron chi connectivity index (χ0n) is 17.8. The molecule has 2 N–H and O–H groups in total. The summed E-state index contributed by atoms with van der Waals surface area (Å²) in [6, 6.07) is 18.5. The molecule has 3 aromatic rings. The lowest BCUT2D eigenvalue weighted by Crippen LogP contribution is -2.49. The average Bonchev–Trinajstić information content (AvgIpc) is 2.79. The van der Waals surface area contributed by atoms with Gasteiger partial charge in [0.2, 0.25) is 0 Å². The van der Waals surface area contributed by atoms with Gasteiger partial charge in [0.25, 0.3) is 5.91 Å². The van der Waals surface area contributed by atoms with Crippen molar-refractivity contribution in [2.24, 2.45) is 0 Å². The fraction of sp³-hybridized carbons (Fsp3) is 0.200. The summed E-state index contributed by atoms with van der Waals surface area (Å²) in [4.78, 5) is 50.4. The predicted molar refractivity (Wildman–Crippen MR) is 120 cm³/mol. The minimum atomic E-state index is -1.38. The van der Waals surface area contributed by atoms with Crippen LogP contribution in [0.4, 0.5) is 0 Å². The Balaban J connectivity index is 2.00. The summed E-state index contributed by atoms with van der Waals surface area (Å²) in [7, 11) is 0. The Bertz CT molecular complexity index is 1240. The van der Waals surface area contributed by atoms with E-state index in [-0.39, 0.29) is 23.7 Å². The lowest BCUT2D eigenvalue weighted by atomic mass is 9.83. The Hall–Kier alpha value is -4.20. The molecule has 0 fully saturated rings. The second kappa shape index (κ2) is 8.74. The van der Waals surface area contributed by atoms with Crippen molar-refractivity contribution in [1.29, 1.82) is 0 Å². The number of pyridine rings is 1. The topological polar surface area (TPSA) is 117 Å². The monoisotopic (exact) mass is 446 g/mol. The standard InChI is InChI=1S/C25H22N2O6/c1-15-22-24(31)26(14-20(28)29)13-19(27(22)12-18(23(15)30)25(32)33)21(16-8-4-2-5-9-16)17-10-6-3-7-11-17/h2-12,19,21H,13-14H2,1H3,(H,28,29)(H,32,33)/t19-/m1/s1. The maximum absolute atomic E-state index is 13.2. The maximum atomic E-state index is 13.2.